The summed E-state index contributed by atoms with van der Waals surface area (Å²) >= 11 is 0. The van der Waals surface area contributed by atoms with Gasteiger partial charge >= 0.3 is 12.1 Å². The Morgan fingerprint density at radius 3 is 2.25 bits per heavy atom. The first-order valence-corrected chi connectivity index (χ1v) is 12.8. The van der Waals surface area contributed by atoms with Crippen LogP contribution < -0.4 is 10.5 Å². The average Bonchev–Trinajstić information content (AvgIpc) is 3.31. The normalized spacial score (nSPS) is 17.5. The number of fused-ring (bicyclic) bond motifs is 2. The van der Waals surface area contributed by atoms with Crippen molar-refractivity contribution in [3.8, 4) is 0 Å². The highest BCUT2D eigenvalue weighted by molar-refractivity contribution is 5.94. The van der Waals surface area contributed by atoms with Gasteiger partial charge in [-0.3, -0.25) is 14.2 Å². The molecule has 0 aliphatic carbocycles. The van der Waals surface area contributed by atoms with Gasteiger partial charge in [-0.2, -0.15) is 13.2 Å². The first kappa shape index (κ1) is 27.3. The van der Waals surface area contributed by atoms with E-state index < -0.39 is 12.1 Å². The maximum absolute atomic E-state index is 13.5. The SMILES string of the molecule is O=C(O)C(F)(F)F.O=C(c1ccccc1)N1CCc2nc3n(c(=O)c2C1)CC1(CCN(c2ncccn2)CC1)C3. The lowest BCUT2D eigenvalue weighted by Crippen LogP contribution is -2.43. The molecule has 0 radical (unpaired) electrons. The smallest absolute Gasteiger partial charge is 0.475 e. The minimum atomic E-state index is -5.08. The number of carbonyl (C=O) groups excluding carboxylic acids is 1. The molecule has 210 valence electrons. The van der Waals surface area contributed by atoms with Crippen LogP contribution in [-0.2, 0) is 30.7 Å². The van der Waals surface area contributed by atoms with Gasteiger partial charge in [-0.25, -0.2) is 19.7 Å². The van der Waals surface area contributed by atoms with Crippen molar-refractivity contribution in [1.82, 2.24) is 24.4 Å². The number of alkyl halides is 3. The summed E-state index contributed by atoms with van der Waals surface area (Å²) in [7, 11) is 0. The van der Waals surface area contributed by atoms with Crippen molar-refractivity contribution in [2.24, 2.45) is 5.41 Å². The van der Waals surface area contributed by atoms with Crippen molar-refractivity contribution in [1.29, 1.82) is 0 Å². The number of hydrogen-bond donors (Lipinski definition) is 1. The van der Waals surface area contributed by atoms with Crippen LogP contribution in [0.25, 0.3) is 0 Å². The summed E-state index contributed by atoms with van der Waals surface area (Å²) in [5.41, 5.74) is 2.31. The minimum Gasteiger partial charge on any atom is -0.475 e. The number of benzene rings is 1. The molecule has 0 saturated carbocycles. The van der Waals surface area contributed by atoms with Gasteiger partial charge in [0.05, 0.1) is 17.8 Å². The summed E-state index contributed by atoms with van der Waals surface area (Å²) in [6, 6.07) is 11.1. The van der Waals surface area contributed by atoms with Crippen LogP contribution in [0.3, 0.4) is 0 Å². The zero-order valence-electron chi connectivity index (χ0n) is 21.5. The van der Waals surface area contributed by atoms with Gasteiger partial charge in [-0.1, -0.05) is 18.2 Å². The van der Waals surface area contributed by atoms with Gasteiger partial charge in [0.1, 0.15) is 5.82 Å². The van der Waals surface area contributed by atoms with E-state index in [2.05, 4.69) is 14.9 Å². The number of nitrogens with zero attached hydrogens (tertiary/aromatic N) is 6. The maximum atomic E-state index is 13.5. The first-order valence-electron chi connectivity index (χ1n) is 12.8. The second-order valence-electron chi connectivity index (χ2n) is 10.2. The molecule has 13 heteroatoms. The first-order chi connectivity index (χ1) is 19.1. The zero-order valence-corrected chi connectivity index (χ0v) is 21.5. The van der Waals surface area contributed by atoms with E-state index in [0.29, 0.717) is 37.2 Å². The number of carboxylic acid groups (broad SMARTS) is 1. The van der Waals surface area contributed by atoms with E-state index in [1.807, 2.05) is 41.0 Å². The molecule has 1 amide bonds. The fraction of sp³-hybridized carbons (Fsp3) is 0.407. The summed E-state index contributed by atoms with van der Waals surface area (Å²) in [6.07, 6.45) is 1.90. The van der Waals surface area contributed by atoms with Gasteiger partial charge in [0.25, 0.3) is 11.5 Å². The summed E-state index contributed by atoms with van der Waals surface area (Å²) in [6.45, 7) is 3.39. The highest BCUT2D eigenvalue weighted by atomic mass is 19.4. The summed E-state index contributed by atoms with van der Waals surface area (Å²) < 4.78 is 33.6. The second-order valence-corrected chi connectivity index (χ2v) is 10.2. The van der Waals surface area contributed by atoms with Gasteiger partial charge in [-0.15, -0.1) is 0 Å². The predicted octanol–water partition coefficient (Wildman–Crippen LogP) is 2.71. The third-order valence-electron chi connectivity index (χ3n) is 7.63. The van der Waals surface area contributed by atoms with Gasteiger partial charge in [-0.05, 0) is 36.5 Å². The predicted molar refractivity (Wildman–Crippen MR) is 137 cm³/mol. The molecule has 1 spiro atoms. The Labute approximate surface area is 227 Å². The largest absolute Gasteiger partial charge is 0.490 e. The average molecular weight is 557 g/mol. The van der Waals surface area contributed by atoms with Crippen LogP contribution in [0.2, 0.25) is 0 Å². The van der Waals surface area contributed by atoms with Crippen LogP contribution in [0, 0.1) is 5.41 Å². The molecule has 6 rings (SSSR count). The lowest BCUT2D eigenvalue weighted by molar-refractivity contribution is -0.192. The van der Waals surface area contributed by atoms with Gasteiger partial charge in [0.15, 0.2) is 0 Å². The van der Waals surface area contributed by atoms with Crippen molar-refractivity contribution in [3.63, 3.8) is 0 Å². The van der Waals surface area contributed by atoms with E-state index >= 15 is 0 Å². The van der Waals surface area contributed by atoms with E-state index in [1.165, 1.54) is 0 Å². The number of rotatable bonds is 2. The molecule has 1 aromatic carbocycles. The molecule has 1 N–H and O–H groups in total. The Balaban J connectivity index is 0.000000411. The number of aliphatic carboxylic acids is 1. The summed E-state index contributed by atoms with van der Waals surface area (Å²) in [4.78, 5) is 53.0. The number of carbonyl (C=O) groups is 2. The number of carboxylic acids is 1. The van der Waals surface area contributed by atoms with Crippen molar-refractivity contribution in [2.75, 3.05) is 24.5 Å². The molecule has 0 unspecified atom stereocenters. The Morgan fingerprint density at radius 1 is 0.975 bits per heavy atom. The van der Waals surface area contributed by atoms with Crippen LogP contribution in [-0.4, -0.2) is 67.2 Å². The van der Waals surface area contributed by atoms with E-state index in [-0.39, 0.29) is 16.9 Å². The Bertz CT molecular complexity index is 1450. The molecule has 40 heavy (non-hydrogen) atoms. The molecule has 1 fully saturated rings. The van der Waals surface area contributed by atoms with Crippen LogP contribution in [0.1, 0.15) is 40.3 Å². The molecule has 10 nitrogen and oxygen atoms in total. The molecule has 0 atom stereocenters. The lowest BCUT2D eigenvalue weighted by atomic mass is 9.77. The third-order valence-corrected chi connectivity index (χ3v) is 7.63. The number of hydrogen-bond acceptors (Lipinski definition) is 7. The van der Waals surface area contributed by atoms with E-state index in [4.69, 9.17) is 14.9 Å². The highest BCUT2D eigenvalue weighted by Crippen LogP contribution is 2.41. The monoisotopic (exact) mass is 556 g/mol. The van der Waals surface area contributed by atoms with Gasteiger partial charge in [0.2, 0.25) is 5.95 Å². The molecular formula is C27H27F3N6O4. The van der Waals surface area contributed by atoms with E-state index in [0.717, 1.165) is 49.8 Å². The van der Waals surface area contributed by atoms with Crippen LogP contribution in [0.5, 0.6) is 0 Å². The van der Waals surface area contributed by atoms with Gasteiger partial charge < -0.3 is 14.9 Å². The standard InChI is InChI=1S/C25H26N6O2.C2HF3O2/c32-22(18-5-2-1-3-6-18)30-12-7-20-19(16-30)23(33)31-17-25(15-21(31)28-20)8-13-29(14-9-25)24-26-10-4-11-27-24;3-2(4,5)1(6)7/h1-6,10-11H,7-9,12-17H2;(H,6,7). The van der Waals surface area contributed by atoms with Crippen LogP contribution in [0.15, 0.2) is 53.6 Å². The van der Waals surface area contributed by atoms with Crippen LogP contribution >= 0.6 is 0 Å². The van der Waals surface area contributed by atoms with Crippen molar-refractivity contribution in [2.45, 2.75) is 44.9 Å². The lowest BCUT2D eigenvalue weighted by Gasteiger charge is -2.38. The highest BCUT2D eigenvalue weighted by Gasteiger charge is 2.43. The van der Waals surface area contributed by atoms with E-state index in [9.17, 15) is 22.8 Å². The Morgan fingerprint density at radius 2 is 1.62 bits per heavy atom. The topological polar surface area (TPSA) is 122 Å². The maximum Gasteiger partial charge on any atom is 0.490 e. The van der Waals surface area contributed by atoms with Crippen molar-refractivity contribution in [3.05, 3.63) is 81.8 Å². The fourth-order valence-corrected chi connectivity index (χ4v) is 5.50. The van der Waals surface area contributed by atoms with Gasteiger partial charge in [0, 0.05) is 57.0 Å². The number of anilines is 1. The molecular weight excluding hydrogens is 529 g/mol. The number of halogens is 3. The third kappa shape index (κ3) is 5.54. The molecule has 3 aromatic rings. The number of piperidine rings is 1. The molecule has 5 heterocycles. The quantitative estimate of drug-likeness (QED) is 0.512. The second kappa shape index (κ2) is 10.7. The minimum absolute atomic E-state index is 0.0295. The molecule has 2 aromatic heterocycles. The van der Waals surface area contributed by atoms with Crippen molar-refractivity contribution < 1.29 is 27.9 Å². The molecule has 3 aliphatic rings. The fourth-order valence-electron chi connectivity index (χ4n) is 5.50. The molecule has 1 saturated heterocycles. The molecule has 3 aliphatic heterocycles. The van der Waals surface area contributed by atoms with E-state index in [1.54, 1.807) is 17.3 Å². The van der Waals surface area contributed by atoms with Crippen molar-refractivity contribution >= 4 is 17.8 Å². The summed E-state index contributed by atoms with van der Waals surface area (Å²) in [5.74, 6) is -1.10. The number of amides is 1. The Kier molecular flexibility index (Phi) is 7.30. The number of aromatic nitrogens is 4. The van der Waals surface area contributed by atoms with Crippen LogP contribution in [0.4, 0.5) is 19.1 Å². The molecule has 0 bridgehead atoms. The zero-order chi connectivity index (χ0) is 28.5. The Hall–Kier alpha value is -4.29. The summed E-state index contributed by atoms with van der Waals surface area (Å²) in [5, 5.41) is 7.12.